The quantitative estimate of drug-likeness (QED) is 0.643. The second-order valence-corrected chi connectivity index (χ2v) is 4.74. The molecule has 1 aromatic rings. The molecule has 19 heavy (non-hydrogen) atoms. The first kappa shape index (κ1) is 13.5. The minimum absolute atomic E-state index is 0.0125. The minimum Gasteiger partial charge on any atom is -0.336 e. The maximum Gasteiger partial charge on any atom is 0.273 e. The second kappa shape index (κ2) is 5.36. The molecule has 102 valence electrons. The summed E-state index contributed by atoms with van der Waals surface area (Å²) in [5.74, 6) is -0.132. The number of hydrogen-bond donors (Lipinski definition) is 1. The summed E-state index contributed by atoms with van der Waals surface area (Å²) in [6.45, 7) is 6.29. The Labute approximate surface area is 111 Å². The highest BCUT2D eigenvalue weighted by Gasteiger charge is 2.22. The molecule has 6 nitrogen and oxygen atoms in total. The van der Waals surface area contributed by atoms with Crippen LogP contribution in [0.4, 0.5) is 5.69 Å². The van der Waals surface area contributed by atoms with Gasteiger partial charge in [-0.25, -0.2) is 0 Å². The molecule has 1 amide bonds. The van der Waals surface area contributed by atoms with Gasteiger partial charge in [0.2, 0.25) is 0 Å². The number of nitrogens with one attached hydrogen (secondary N) is 1. The molecule has 1 aromatic carbocycles. The highest BCUT2D eigenvalue weighted by molar-refractivity contribution is 5.95. The fraction of sp³-hybridized carbons (Fsp3) is 0.462. The summed E-state index contributed by atoms with van der Waals surface area (Å²) in [7, 11) is 0. The Bertz CT molecular complexity index is 522. The van der Waals surface area contributed by atoms with E-state index in [1.54, 1.807) is 24.8 Å². The smallest absolute Gasteiger partial charge is 0.273 e. The van der Waals surface area contributed by atoms with Crippen LogP contribution in [0.15, 0.2) is 12.1 Å². The summed E-state index contributed by atoms with van der Waals surface area (Å²) in [6.07, 6.45) is 0. The Morgan fingerprint density at radius 1 is 1.32 bits per heavy atom. The predicted molar refractivity (Wildman–Crippen MR) is 71.3 cm³/mol. The lowest BCUT2D eigenvalue weighted by Gasteiger charge is -2.27. The van der Waals surface area contributed by atoms with E-state index >= 15 is 0 Å². The van der Waals surface area contributed by atoms with Crippen LogP contribution in [0.2, 0.25) is 0 Å². The molecule has 0 radical (unpaired) electrons. The molecule has 0 saturated carbocycles. The zero-order chi connectivity index (χ0) is 14.0. The summed E-state index contributed by atoms with van der Waals surface area (Å²) in [5.41, 5.74) is 1.80. The summed E-state index contributed by atoms with van der Waals surface area (Å²) in [4.78, 5) is 24.6. The van der Waals surface area contributed by atoms with Gasteiger partial charge >= 0.3 is 0 Å². The SMILES string of the molecule is Cc1cc(C(=O)N2CCNCC2)cc([N+](=O)[O-])c1C. The van der Waals surface area contributed by atoms with E-state index in [9.17, 15) is 14.9 Å². The van der Waals surface area contributed by atoms with E-state index in [0.29, 0.717) is 24.2 Å². The van der Waals surface area contributed by atoms with Gasteiger partial charge in [-0.3, -0.25) is 14.9 Å². The lowest BCUT2D eigenvalue weighted by Crippen LogP contribution is -2.46. The van der Waals surface area contributed by atoms with Gasteiger partial charge in [-0.05, 0) is 25.5 Å². The molecular formula is C13H17N3O3. The molecule has 1 N–H and O–H groups in total. The number of piperazine rings is 1. The number of carbonyl (C=O) groups is 1. The van der Waals surface area contributed by atoms with Gasteiger partial charge < -0.3 is 10.2 Å². The van der Waals surface area contributed by atoms with Crippen molar-refractivity contribution in [3.63, 3.8) is 0 Å². The number of aryl methyl sites for hydroxylation is 1. The Hall–Kier alpha value is -1.95. The van der Waals surface area contributed by atoms with Crippen LogP contribution in [0.25, 0.3) is 0 Å². The summed E-state index contributed by atoms with van der Waals surface area (Å²) in [5, 5.41) is 14.2. The summed E-state index contributed by atoms with van der Waals surface area (Å²) >= 11 is 0. The number of nitrogens with zero attached hydrogens (tertiary/aromatic N) is 2. The molecule has 0 unspecified atom stereocenters. The topological polar surface area (TPSA) is 75.5 Å². The predicted octanol–water partition coefficient (Wildman–Crippen LogP) is 1.26. The van der Waals surface area contributed by atoms with E-state index in [1.165, 1.54) is 6.07 Å². The van der Waals surface area contributed by atoms with E-state index in [4.69, 9.17) is 0 Å². The lowest BCUT2D eigenvalue weighted by molar-refractivity contribution is -0.385. The maximum absolute atomic E-state index is 12.3. The van der Waals surface area contributed by atoms with Crippen molar-refractivity contribution in [1.82, 2.24) is 10.2 Å². The van der Waals surface area contributed by atoms with E-state index < -0.39 is 4.92 Å². The van der Waals surface area contributed by atoms with Crippen LogP contribution in [0.5, 0.6) is 0 Å². The molecule has 0 aromatic heterocycles. The molecule has 1 saturated heterocycles. The number of nitro benzene ring substituents is 1. The molecule has 2 rings (SSSR count). The molecule has 6 heteroatoms. The van der Waals surface area contributed by atoms with Gasteiger partial charge in [0, 0.05) is 43.4 Å². The van der Waals surface area contributed by atoms with Gasteiger partial charge in [-0.1, -0.05) is 0 Å². The second-order valence-electron chi connectivity index (χ2n) is 4.74. The fourth-order valence-corrected chi connectivity index (χ4v) is 2.20. The van der Waals surface area contributed by atoms with Gasteiger partial charge in [0.15, 0.2) is 0 Å². The maximum atomic E-state index is 12.3. The standard InChI is InChI=1S/C13H17N3O3/c1-9-7-11(8-12(10(9)2)16(18)19)13(17)15-5-3-14-4-6-15/h7-8,14H,3-6H2,1-2H3. The first-order chi connectivity index (χ1) is 9.00. The molecule has 1 fully saturated rings. The Morgan fingerprint density at radius 3 is 2.53 bits per heavy atom. The van der Waals surface area contributed by atoms with Crippen LogP contribution in [0.1, 0.15) is 21.5 Å². The van der Waals surface area contributed by atoms with Crippen LogP contribution in [-0.4, -0.2) is 41.9 Å². The first-order valence-electron chi connectivity index (χ1n) is 6.26. The number of rotatable bonds is 2. The average molecular weight is 263 g/mol. The lowest BCUT2D eigenvalue weighted by atomic mass is 10.0. The molecule has 1 aliphatic heterocycles. The van der Waals surface area contributed by atoms with Crippen molar-refractivity contribution in [3.8, 4) is 0 Å². The first-order valence-corrected chi connectivity index (χ1v) is 6.26. The van der Waals surface area contributed by atoms with Gasteiger partial charge in [0.05, 0.1) is 4.92 Å². The van der Waals surface area contributed by atoms with E-state index in [2.05, 4.69) is 5.32 Å². The third-order valence-electron chi connectivity index (χ3n) is 3.49. The van der Waals surface area contributed by atoms with Gasteiger partial charge in [-0.2, -0.15) is 0 Å². The number of hydrogen-bond acceptors (Lipinski definition) is 4. The van der Waals surface area contributed by atoms with Crippen LogP contribution >= 0.6 is 0 Å². The van der Waals surface area contributed by atoms with Crippen molar-refractivity contribution in [2.45, 2.75) is 13.8 Å². The Morgan fingerprint density at radius 2 is 1.95 bits per heavy atom. The molecule has 1 aliphatic rings. The van der Waals surface area contributed by atoms with Crippen molar-refractivity contribution in [3.05, 3.63) is 38.9 Å². The highest BCUT2D eigenvalue weighted by atomic mass is 16.6. The van der Waals surface area contributed by atoms with Crippen LogP contribution in [0, 0.1) is 24.0 Å². The van der Waals surface area contributed by atoms with E-state index in [1.807, 2.05) is 0 Å². The number of benzene rings is 1. The highest BCUT2D eigenvalue weighted by Crippen LogP contribution is 2.24. The molecule has 0 aliphatic carbocycles. The minimum atomic E-state index is -0.434. The molecule has 0 spiro atoms. The molecule has 1 heterocycles. The fourth-order valence-electron chi connectivity index (χ4n) is 2.20. The van der Waals surface area contributed by atoms with Gasteiger partial charge in [0.25, 0.3) is 11.6 Å². The van der Waals surface area contributed by atoms with E-state index in [0.717, 1.165) is 18.7 Å². The average Bonchev–Trinajstić information content (AvgIpc) is 2.41. The normalized spacial score (nSPS) is 15.4. The van der Waals surface area contributed by atoms with Crippen molar-refractivity contribution in [2.75, 3.05) is 26.2 Å². The van der Waals surface area contributed by atoms with Crippen LogP contribution < -0.4 is 5.32 Å². The zero-order valence-corrected chi connectivity index (χ0v) is 11.1. The van der Waals surface area contributed by atoms with Gasteiger partial charge in [-0.15, -0.1) is 0 Å². The molecule has 0 bridgehead atoms. The van der Waals surface area contributed by atoms with Crippen molar-refractivity contribution < 1.29 is 9.72 Å². The summed E-state index contributed by atoms with van der Waals surface area (Å²) < 4.78 is 0. The van der Waals surface area contributed by atoms with E-state index in [-0.39, 0.29) is 11.6 Å². The Kier molecular flexibility index (Phi) is 3.80. The van der Waals surface area contributed by atoms with Crippen LogP contribution in [-0.2, 0) is 0 Å². The van der Waals surface area contributed by atoms with Crippen molar-refractivity contribution in [2.24, 2.45) is 0 Å². The molecular weight excluding hydrogens is 246 g/mol. The third kappa shape index (κ3) is 2.73. The monoisotopic (exact) mass is 263 g/mol. The third-order valence-corrected chi connectivity index (χ3v) is 3.49. The largest absolute Gasteiger partial charge is 0.336 e. The number of carbonyl (C=O) groups excluding carboxylic acids is 1. The summed E-state index contributed by atoms with van der Waals surface area (Å²) in [6, 6.07) is 3.11. The van der Waals surface area contributed by atoms with Crippen LogP contribution in [0.3, 0.4) is 0 Å². The number of nitro groups is 1. The molecule has 0 atom stereocenters. The zero-order valence-electron chi connectivity index (χ0n) is 11.1. The number of amides is 1. The van der Waals surface area contributed by atoms with Crippen molar-refractivity contribution >= 4 is 11.6 Å². The van der Waals surface area contributed by atoms with Gasteiger partial charge in [0.1, 0.15) is 0 Å². The van der Waals surface area contributed by atoms with Crippen molar-refractivity contribution in [1.29, 1.82) is 0 Å². The Balaban J connectivity index is 2.34.